The number of alkyl halides is 1. The molecular formula is C77H137FN20. The van der Waals surface area contributed by atoms with Crippen molar-refractivity contribution in [2.45, 2.75) is 305 Å². The highest BCUT2D eigenvalue weighted by Gasteiger charge is 2.30. The molecule has 20 nitrogen and oxygen atoms in total. The molecule has 9 aromatic heterocycles. The third-order valence-electron chi connectivity index (χ3n) is 15.8. The van der Waals surface area contributed by atoms with Gasteiger partial charge in [-0.3, -0.25) is 18.7 Å². The molecule has 0 atom stereocenters. The lowest BCUT2D eigenvalue weighted by Gasteiger charge is -2.36. The first-order valence-electron chi connectivity index (χ1n) is 36.2. The number of aromatic nitrogens is 18. The molecule has 2 aliphatic rings. The summed E-state index contributed by atoms with van der Waals surface area (Å²) in [7, 11) is 0. The standard InChI is InChI=1S/C9H18FN.C9H19N.C8H13N.3C7H12N2.C7H11N.C6H11N3.2C6H10N2.C5H9N3/c1-8(2)11-6-4-9(3,10)5-7-11;1-9(2)10-7-5-3-4-6-8-10;1-7(2)9-5-4-8(3)6-9;1-6(2)9-4-7(3)8-5-9;1-6(2)9-5-7(3)4-8-9;1-6(2)9-5-4-7(3)8-9;1-7(2)8-5-3-4-6-8;1-5(2)9-4-6(3)7-8-9;1-6(2)8-4-3-7-5-8;1-6(2)8-5-3-4-7-8;1-5(2)8-4-3-6-7-8/h8H,4-7H2,1-3H3;9H,3-8H2,1-2H3;4-7H,1-3H3;3*4-6H,1-3H3;3-7H,1-2H3;4-5H,1-3H3;2*3-6H,1-2H3;3-5H,1-2H3. The molecule has 0 amide bonds. The molecule has 2 saturated heterocycles. The van der Waals surface area contributed by atoms with Crippen LogP contribution < -0.4 is 0 Å². The van der Waals surface area contributed by atoms with E-state index in [4.69, 9.17) is 0 Å². The van der Waals surface area contributed by atoms with E-state index in [1.807, 2.05) is 133 Å². The molecule has 11 heterocycles. The van der Waals surface area contributed by atoms with Crippen molar-refractivity contribution in [3.05, 3.63) is 164 Å². The van der Waals surface area contributed by atoms with E-state index in [0.29, 0.717) is 73.3 Å². The van der Waals surface area contributed by atoms with Gasteiger partial charge in [-0.05, 0) is 274 Å². The molecule has 9 aromatic rings. The lowest BCUT2D eigenvalue weighted by molar-refractivity contribution is 0.0592. The van der Waals surface area contributed by atoms with Crippen LogP contribution in [0.15, 0.2) is 136 Å². The molecule has 0 bridgehead atoms. The van der Waals surface area contributed by atoms with Crippen LogP contribution in [0, 0.1) is 34.6 Å². The van der Waals surface area contributed by atoms with Crippen molar-refractivity contribution in [3.63, 3.8) is 0 Å². The normalized spacial score (nSPS) is 13.6. The van der Waals surface area contributed by atoms with E-state index in [1.165, 1.54) is 49.9 Å². The highest BCUT2D eigenvalue weighted by Crippen LogP contribution is 2.26. The van der Waals surface area contributed by atoms with Crippen LogP contribution in [0.3, 0.4) is 0 Å². The highest BCUT2D eigenvalue weighted by molar-refractivity contribution is 5.07. The molecule has 21 heteroatoms. The van der Waals surface area contributed by atoms with E-state index in [1.54, 1.807) is 30.2 Å². The molecule has 0 unspecified atom stereocenters. The molecule has 11 rings (SSSR count). The van der Waals surface area contributed by atoms with Gasteiger partial charge in [0.25, 0.3) is 0 Å². The van der Waals surface area contributed by atoms with Gasteiger partial charge < -0.3 is 28.1 Å². The van der Waals surface area contributed by atoms with Crippen LogP contribution in [0.1, 0.15) is 280 Å². The highest BCUT2D eigenvalue weighted by atomic mass is 19.1. The molecular weight excluding hydrogens is 1220 g/mol. The van der Waals surface area contributed by atoms with Gasteiger partial charge >= 0.3 is 0 Å². The summed E-state index contributed by atoms with van der Waals surface area (Å²) in [6, 6.07) is 16.1. The van der Waals surface area contributed by atoms with Crippen molar-refractivity contribution in [2.75, 3.05) is 26.2 Å². The second-order valence-electron chi connectivity index (χ2n) is 28.8. The molecule has 2 aliphatic heterocycles. The minimum absolute atomic E-state index is 0.422. The van der Waals surface area contributed by atoms with Gasteiger partial charge in [0.05, 0.1) is 42.1 Å². The summed E-state index contributed by atoms with van der Waals surface area (Å²) in [5, 5.41) is 27.6. The van der Waals surface area contributed by atoms with Crippen LogP contribution in [-0.2, 0) is 0 Å². The topological polar surface area (TPSA) is 167 Å². The third kappa shape index (κ3) is 40.0. The van der Waals surface area contributed by atoms with Crippen molar-refractivity contribution in [3.8, 4) is 0 Å². The van der Waals surface area contributed by atoms with Gasteiger partial charge in [0.1, 0.15) is 5.67 Å². The summed E-state index contributed by atoms with van der Waals surface area (Å²) < 4.78 is 31.3. The first-order valence-corrected chi connectivity index (χ1v) is 36.2. The van der Waals surface area contributed by atoms with Crippen molar-refractivity contribution in [1.82, 2.24) is 97.4 Å². The fourth-order valence-corrected chi connectivity index (χ4v) is 9.09. The second kappa shape index (κ2) is 48.5. The summed E-state index contributed by atoms with van der Waals surface area (Å²) >= 11 is 0. The number of imidazole rings is 2. The minimum Gasteiger partial charge on any atom is -0.352 e. The molecule has 2 fully saturated rings. The fourth-order valence-electron chi connectivity index (χ4n) is 9.09. The summed E-state index contributed by atoms with van der Waals surface area (Å²) in [6.07, 6.45) is 40.2. The van der Waals surface area contributed by atoms with E-state index in [2.05, 4.69) is 264 Å². The number of likely N-dealkylation sites (tertiary alicyclic amines) is 2. The zero-order valence-corrected chi connectivity index (χ0v) is 66.4. The van der Waals surface area contributed by atoms with E-state index in [0.717, 1.165) is 36.2 Å². The summed E-state index contributed by atoms with van der Waals surface area (Å²) in [4.78, 5) is 12.9. The summed E-state index contributed by atoms with van der Waals surface area (Å²) in [6.45, 7) is 63.4. The maximum Gasteiger partial charge on any atom is 0.110 e. The third-order valence-corrected chi connectivity index (χ3v) is 15.8. The SMILES string of the molecule is CC(C)N1CCC(C)(F)CC1.CC(C)N1CCCCCC1.CC(C)n1cccc1.CC(C)n1cccn1.CC(C)n1ccnc1.CC(C)n1ccnn1.Cc1ccn(C(C)C)c1.Cc1ccn(C(C)C)n1.Cc1cn(C(C)C)cn1.Cc1cn(C(C)C)nn1.Cc1cnn(C(C)C)c1. The van der Waals surface area contributed by atoms with Crippen LogP contribution >= 0.6 is 0 Å². The fraction of sp³-hybridized carbons (Fsp3) is 0.649. The lowest BCUT2D eigenvalue weighted by atomic mass is 9.95. The summed E-state index contributed by atoms with van der Waals surface area (Å²) in [5.41, 5.74) is 4.81. The van der Waals surface area contributed by atoms with Crippen molar-refractivity contribution < 1.29 is 4.39 Å². The average Bonchev–Trinajstić information content (AvgIpc) is 1.48. The van der Waals surface area contributed by atoms with Crippen LogP contribution in [-0.4, -0.2) is 141 Å². The smallest absolute Gasteiger partial charge is 0.110 e. The van der Waals surface area contributed by atoms with Crippen LogP contribution in [0.5, 0.6) is 0 Å². The number of hydrogen-bond donors (Lipinski definition) is 0. The number of rotatable bonds is 11. The molecule has 0 saturated carbocycles. The van der Waals surface area contributed by atoms with Crippen LogP contribution in [0.25, 0.3) is 0 Å². The minimum atomic E-state index is -0.897. The Hall–Kier alpha value is -7.26. The zero-order valence-electron chi connectivity index (χ0n) is 66.4. The van der Waals surface area contributed by atoms with Gasteiger partial charge in [-0.15, -0.1) is 10.2 Å². The molecule has 0 radical (unpaired) electrons. The molecule has 0 spiro atoms. The zero-order chi connectivity index (χ0) is 74.1. The monoisotopic (exact) mass is 1360 g/mol. The molecule has 0 aliphatic carbocycles. The molecule has 0 aromatic carbocycles. The van der Waals surface area contributed by atoms with Gasteiger partial charge in [-0.25, -0.2) is 19.0 Å². The quantitative estimate of drug-likeness (QED) is 0.121. The van der Waals surface area contributed by atoms with E-state index < -0.39 is 5.67 Å². The molecule has 552 valence electrons. The van der Waals surface area contributed by atoms with Crippen LogP contribution in [0.4, 0.5) is 4.39 Å². The Labute approximate surface area is 593 Å². The van der Waals surface area contributed by atoms with E-state index in [-0.39, 0.29) is 0 Å². The van der Waals surface area contributed by atoms with E-state index >= 15 is 0 Å². The van der Waals surface area contributed by atoms with Gasteiger partial charge in [0.15, 0.2) is 0 Å². The predicted octanol–water partition coefficient (Wildman–Crippen LogP) is 19.2. The molecule has 98 heavy (non-hydrogen) atoms. The Balaban J connectivity index is 0.000000540. The first kappa shape index (κ1) is 88.8. The summed E-state index contributed by atoms with van der Waals surface area (Å²) in [5.74, 6) is 0. The number of hydrogen-bond acceptors (Lipinski definition) is 11. The maximum atomic E-state index is 13.3. The number of nitrogens with zero attached hydrogens (tertiary/aromatic N) is 20. The Morgan fingerprint density at radius 3 is 1.18 bits per heavy atom. The van der Waals surface area contributed by atoms with Crippen molar-refractivity contribution >= 4 is 0 Å². The van der Waals surface area contributed by atoms with Crippen molar-refractivity contribution in [1.29, 1.82) is 0 Å². The Bertz CT molecular complexity index is 2790. The number of halogens is 1. The maximum absolute atomic E-state index is 13.3. The molecule has 0 N–H and O–H groups in total. The largest absolute Gasteiger partial charge is 0.352 e. The Morgan fingerprint density at radius 1 is 0.378 bits per heavy atom. The van der Waals surface area contributed by atoms with E-state index in [9.17, 15) is 4.39 Å². The Morgan fingerprint density at radius 2 is 0.918 bits per heavy atom. The van der Waals surface area contributed by atoms with Gasteiger partial charge in [-0.2, -0.15) is 15.3 Å². The predicted molar refractivity (Wildman–Crippen MR) is 408 cm³/mol. The number of piperidine rings is 1. The van der Waals surface area contributed by atoms with Gasteiger partial charge in [-0.1, -0.05) is 23.3 Å². The first-order chi connectivity index (χ1) is 46.0. The lowest BCUT2D eigenvalue weighted by Crippen LogP contribution is -2.43. The van der Waals surface area contributed by atoms with Crippen LogP contribution in [0.2, 0.25) is 0 Å². The second-order valence-corrected chi connectivity index (χ2v) is 28.8. The average molecular weight is 1360 g/mol. The Kier molecular flexibility index (Phi) is 43.9. The number of aryl methyl sites for hydroxylation is 5. The van der Waals surface area contributed by atoms with Crippen molar-refractivity contribution in [2.24, 2.45) is 0 Å². The van der Waals surface area contributed by atoms with Gasteiger partial charge in [0, 0.05) is 160 Å². The van der Waals surface area contributed by atoms with Gasteiger partial charge in [0.2, 0.25) is 0 Å².